The van der Waals surface area contributed by atoms with E-state index in [1.165, 1.54) is 13.2 Å². The number of hydrogen-bond acceptors (Lipinski definition) is 3. The van der Waals surface area contributed by atoms with Gasteiger partial charge in [0.25, 0.3) is 0 Å². The molecule has 2 rings (SSSR count). The Labute approximate surface area is 93.1 Å². The van der Waals surface area contributed by atoms with Crippen molar-refractivity contribution in [3.63, 3.8) is 0 Å². The van der Waals surface area contributed by atoms with E-state index in [1.807, 2.05) is 0 Å². The summed E-state index contributed by atoms with van der Waals surface area (Å²) in [6.07, 6.45) is 2.03. The molecule has 78 valence electrons. The molecule has 0 radical (unpaired) electrons. The fourth-order valence-corrected chi connectivity index (χ4v) is 1.50. The summed E-state index contributed by atoms with van der Waals surface area (Å²) in [5.74, 6) is 0.287. The van der Waals surface area contributed by atoms with E-state index < -0.39 is 6.09 Å². The number of aromatic amines is 1. The number of amides is 1. The number of hydrogen-bond donors (Lipinski definition) is 2. The van der Waals surface area contributed by atoms with Gasteiger partial charge >= 0.3 is 6.09 Å². The van der Waals surface area contributed by atoms with Gasteiger partial charge in [-0.2, -0.15) is 0 Å². The Bertz CT molecular complexity index is 524. The Kier molecular flexibility index (Phi) is 2.31. The van der Waals surface area contributed by atoms with Crippen LogP contribution in [0.3, 0.4) is 0 Å². The van der Waals surface area contributed by atoms with Gasteiger partial charge in [0.05, 0.1) is 10.7 Å². The fourth-order valence-electron chi connectivity index (χ4n) is 1.11. The van der Waals surface area contributed by atoms with Gasteiger partial charge in [0.1, 0.15) is 5.52 Å². The molecular weight excluding hydrogens is 264 g/mol. The highest BCUT2D eigenvalue weighted by molar-refractivity contribution is 9.10. The average Bonchev–Trinajstić information content (AvgIpc) is 2.59. The standard InChI is InChI=1S/C8H7BrN4O2/c1-13(8(14)15)5-3-11-7-6(12-5)4(9)2-10-7/h2-3H,1H3,(H,10,11)(H,14,15). The molecule has 0 aromatic carbocycles. The Morgan fingerprint density at radius 2 is 2.40 bits per heavy atom. The maximum atomic E-state index is 10.7. The number of rotatable bonds is 1. The summed E-state index contributed by atoms with van der Waals surface area (Å²) in [5.41, 5.74) is 1.23. The lowest BCUT2D eigenvalue weighted by Gasteiger charge is -2.10. The van der Waals surface area contributed by atoms with E-state index in [2.05, 4.69) is 30.9 Å². The van der Waals surface area contributed by atoms with Gasteiger partial charge in [0.2, 0.25) is 0 Å². The second kappa shape index (κ2) is 3.50. The number of fused-ring (bicyclic) bond motifs is 1. The van der Waals surface area contributed by atoms with Crippen molar-refractivity contribution in [1.82, 2.24) is 15.0 Å². The highest BCUT2D eigenvalue weighted by atomic mass is 79.9. The zero-order chi connectivity index (χ0) is 11.0. The van der Waals surface area contributed by atoms with Crippen molar-refractivity contribution in [3.05, 3.63) is 16.9 Å². The second-order valence-corrected chi connectivity index (χ2v) is 3.76. The first kappa shape index (κ1) is 9.91. The van der Waals surface area contributed by atoms with E-state index in [1.54, 1.807) is 6.20 Å². The van der Waals surface area contributed by atoms with Crippen LogP contribution >= 0.6 is 15.9 Å². The van der Waals surface area contributed by atoms with Gasteiger partial charge in [-0.25, -0.2) is 14.8 Å². The molecule has 15 heavy (non-hydrogen) atoms. The quantitative estimate of drug-likeness (QED) is 0.829. The van der Waals surface area contributed by atoms with Gasteiger partial charge in [0.15, 0.2) is 11.5 Å². The van der Waals surface area contributed by atoms with Crippen LogP contribution in [0.1, 0.15) is 0 Å². The second-order valence-electron chi connectivity index (χ2n) is 2.90. The fraction of sp³-hybridized carbons (Fsp3) is 0.125. The number of anilines is 1. The lowest BCUT2D eigenvalue weighted by molar-refractivity contribution is 0.203. The number of nitrogens with zero attached hydrogens (tertiary/aromatic N) is 3. The molecule has 0 saturated carbocycles. The van der Waals surface area contributed by atoms with Crippen molar-refractivity contribution in [1.29, 1.82) is 0 Å². The third-order valence-electron chi connectivity index (χ3n) is 1.95. The van der Waals surface area contributed by atoms with E-state index in [0.717, 1.165) is 9.37 Å². The smallest absolute Gasteiger partial charge is 0.412 e. The summed E-state index contributed by atoms with van der Waals surface area (Å²) in [6.45, 7) is 0. The van der Waals surface area contributed by atoms with Crippen molar-refractivity contribution in [2.75, 3.05) is 11.9 Å². The minimum atomic E-state index is -1.07. The van der Waals surface area contributed by atoms with E-state index in [4.69, 9.17) is 5.11 Å². The first-order valence-corrected chi connectivity index (χ1v) is 4.85. The molecule has 1 amide bonds. The van der Waals surface area contributed by atoms with Gasteiger partial charge in [-0.1, -0.05) is 0 Å². The molecule has 2 heterocycles. The van der Waals surface area contributed by atoms with Gasteiger partial charge in [-0.15, -0.1) is 0 Å². The van der Waals surface area contributed by atoms with E-state index in [-0.39, 0.29) is 5.82 Å². The molecule has 2 N–H and O–H groups in total. The van der Waals surface area contributed by atoms with Gasteiger partial charge in [-0.05, 0) is 15.9 Å². The van der Waals surface area contributed by atoms with Crippen molar-refractivity contribution in [2.24, 2.45) is 0 Å². The molecule has 0 bridgehead atoms. The van der Waals surface area contributed by atoms with E-state index in [0.29, 0.717) is 11.2 Å². The van der Waals surface area contributed by atoms with E-state index >= 15 is 0 Å². The summed E-state index contributed by atoms with van der Waals surface area (Å²) in [4.78, 5) is 22.8. The van der Waals surface area contributed by atoms with Crippen LogP contribution in [-0.2, 0) is 0 Å². The average molecular weight is 271 g/mol. The Morgan fingerprint density at radius 3 is 3.07 bits per heavy atom. The van der Waals surface area contributed by atoms with E-state index in [9.17, 15) is 4.79 Å². The molecule has 7 heteroatoms. The van der Waals surface area contributed by atoms with Crippen molar-refractivity contribution in [3.8, 4) is 0 Å². The molecule has 6 nitrogen and oxygen atoms in total. The first-order valence-electron chi connectivity index (χ1n) is 4.06. The number of H-pyrrole nitrogens is 1. The van der Waals surface area contributed by atoms with Gasteiger partial charge < -0.3 is 10.1 Å². The van der Waals surface area contributed by atoms with Crippen LogP contribution < -0.4 is 4.90 Å². The van der Waals surface area contributed by atoms with Crippen LogP contribution in [0.25, 0.3) is 11.2 Å². The Balaban J connectivity index is 2.54. The normalized spacial score (nSPS) is 10.5. The molecule has 0 saturated heterocycles. The van der Waals surface area contributed by atoms with Crippen molar-refractivity contribution in [2.45, 2.75) is 0 Å². The van der Waals surface area contributed by atoms with Crippen LogP contribution in [0.15, 0.2) is 16.9 Å². The summed E-state index contributed by atoms with van der Waals surface area (Å²) in [6, 6.07) is 0. The minimum Gasteiger partial charge on any atom is -0.465 e. The molecule has 0 fully saturated rings. The topological polar surface area (TPSA) is 82.1 Å². The first-order chi connectivity index (χ1) is 7.09. The van der Waals surface area contributed by atoms with Gasteiger partial charge in [-0.3, -0.25) is 4.90 Å². The highest BCUT2D eigenvalue weighted by Gasteiger charge is 2.12. The van der Waals surface area contributed by atoms with Crippen LogP contribution in [0, 0.1) is 0 Å². The molecule has 0 aliphatic heterocycles. The SMILES string of the molecule is CN(C(=O)O)c1cnc2[nH]cc(Br)c2n1. The number of carbonyl (C=O) groups is 1. The van der Waals surface area contributed by atoms with Crippen LogP contribution in [0.5, 0.6) is 0 Å². The Hall–Kier alpha value is -1.63. The molecule has 0 aliphatic rings. The van der Waals surface area contributed by atoms with Gasteiger partial charge in [0, 0.05) is 13.2 Å². The molecule has 2 aromatic heterocycles. The third-order valence-corrected chi connectivity index (χ3v) is 2.56. The molecule has 0 aliphatic carbocycles. The Morgan fingerprint density at radius 1 is 1.67 bits per heavy atom. The number of nitrogens with one attached hydrogen (secondary N) is 1. The largest absolute Gasteiger partial charge is 0.465 e. The third kappa shape index (κ3) is 1.65. The van der Waals surface area contributed by atoms with Crippen LogP contribution in [0.2, 0.25) is 0 Å². The maximum absolute atomic E-state index is 10.7. The summed E-state index contributed by atoms with van der Waals surface area (Å²) >= 11 is 3.29. The molecule has 0 spiro atoms. The van der Waals surface area contributed by atoms with Crippen LogP contribution in [-0.4, -0.2) is 33.2 Å². The molecule has 0 atom stereocenters. The molecular formula is C8H7BrN4O2. The predicted molar refractivity (Wildman–Crippen MR) is 58.0 cm³/mol. The molecule has 2 aromatic rings. The molecule has 0 unspecified atom stereocenters. The maximum Gasteiger partial charge on any atom is 0.412 e. The zero-order valence-electron chi connectivity index (χ0n) is 7.73. The number of aromatic nitrogens is 3. The minimum absolute atomic E-state index is 0.287. The monoisotopic (exact) mass is 270 g/mol. The van der Waals surface area contributed by atoms with Crippen molar-refractivity contribution < 1.29 is 9.90 Å². The summed E-state index contributed by atoms with van der Waals surface area (Å²) in [7, 11) is 1.42. The number of carboxylic acid groups (broad SMARTS) is 1. The number of halogens is 1. The summed E-state index contributed by atoms with van der Waals surface area (Å²) in [5, 5.41) is 8.77. The lowest BCUT2D eigenvalue weighted by atomic mass is 10.5. The highest BCUT2D eigenvalue weighted by Crippen LogP contribution is 2.21. The van der Waals surface area contributed by atoms with Crippen molar-refractivity contribution >= 4 is 39.0 Å². The zero-order valence-corrected chi connectivity index (χ0v) is 9.32. The lowest BCUT2D eigenvalue weighted by Crippen LogP contribution is -2.24. The summed E-state index contributed by atoms with van der Waals surface area (Å²) < 4.78 is 0.755. The predicted octanol–water partition coefficient (Wildman–Crippen LogP) is 1.83. The van der Waals surface area contributed by atoms with Crippen LogP contribution in [0.4, 0.5) is 10.6 Å².